The van der Waals surface area contributed by atoms with E-state index in [4.69, 9.17) is 4.98 Å². The quantitative estimate of drug-likeness (QED) is 0.429. The highest BCUT2D eigenvalue weighted by Gasteiger charge is 2.19. The molecule has 0 saturated carbocycles. The van der Waals surface area contributed by atoms with Crippen molar-refractivity contribution < 1.29 is 0 Å². The first-order valence-corrected chi connectivity index (χ1v) is 10.3. The Hall–Kier alpha value is -3.58. The average molecular weight is 395 g/mol. The lowest BCUT2D eigenvalue weighted by atomic mass is 9.94. The zero-order valence-corrected chi connectivity index (χ0v) is 16.4. The number of rotatable bonds is 3. The van der Waals surface area contributed by atoms with Crippen molar-refractivity contribution in [2.45, 2.75) is 18.8 Å². The van der Waals surface area contributed by atoms with Gasteiger partial charge in [-0.2, -0.15) is 5.10 Å². The minimum atomic E-state index is 0.502. The van der Waals surface area contributed by atoms with Crippen LogP contribution in [0.15, 0.2) is 55.0 Å². The molecule has 1 fully saturated rings. The van der Waals surface area contributed by atoms with Crippen LogP contribution in [0.2, 0.25) is 0 Å². The van der Waals surface area contributed by atoms with Gasteiger partial charge in [-0.05, 0) is 62.3 Å². The van der Waals surface area contributed by atoms with E-state index in [2.05, 4.69) is 48.7 Å². The molecule has 0 aromatic carbocycles. The number of nitrogens with zero attached hydrogens (tertiary/aromatic N) is 4. The number of H-pyrrole nitrogens is 2. The number of nitrogens with one attached hydrogen (secondary N) is 3. The van der Waals surface area contributed by atoms with Crippen LogP contribution in [-0.4, -0.2) is 43.2 Å². The lowest BCUT2D eigenvalue weighted by Crippen LogP contribution is -2.27. The van der Waals surface area contributed by atoms with Crippen molar-refractivity contribution in [2.75, 3.05) is 13.1 Å². The second kappa shape index (κ2) is 7.03. The molecule has 0 radical (unpaired) electrons. The summed E-state index contributed by atoms with van der Waals surface area (Å²) in [6.07, 6.45) is 7.68. The van der Waals surface area contributed by atoms with Crippen LogP contribution < -0.4 is 5.32 Å². The Labute approximate surface area is 173 Å². The van der Waals surface area contributed by atoms with E-state index in [1.807, 2.05) is 30.6 Å². The van der Waals surface area contributed by atoms with Gasteiger partial charge in [0.15, 0.2) is 0 Å². The van der Waals surface area contributed by atoms with Crippen molar-refractivity contribution in [3.05, 3.63) is 60.7 Å². The van der Waals surface area contributed by atoms with Crippen LogP contribution in [0.1, 0.15) is 24.5 Å². The van der Waals surface area contributed by atoms with E-state index in [1.165, 1.54) is 0 Å². The highest BCUT2D eigenvalue weighted by atomic mass is 15.1. The van der Waals surface area contributed by atoms with Crippen molar-refractivity contribution in [3.8, 4) is 22.6 Å². The Morgan fingerprint density at radius 3 is 2.73 bits per heavy atom. The monoisotopic (exact) mass is 395 g/mol. The van der Waals surface area contributed by atoms with Crippen molar-refractivity contribution in [2.24, 2.45) is 0 Å². The molecular formula is C23H21N7. The summed E-state index contributed by atoms with van der Waals surface area (Å²) in [4.78, 5) is 17.4. The normalized spacial score (nSPS) is 15.2. The summed E-state index contributed by atoms with van der Waals surface area (Å²) in [6.45, 7) is 2.10. The van der Waals surface area contributed by atoms with Crippen molar-refractivity contribution in [1.82, 2.24) is 35.5 Å². The van der Waals surface area contributed by atoms with E-state index in [1.54, 1.807) is 6.20 Å². The van der Waals surface area contributed by atoms with Gasteiger partial charge in [0.05, 0.1) is 16.9 Å². The second-order valence-corrected chi connectivity index (χ2v) is 7.77. The number of aromatic amines is 2. The fourth-order valence-corrected chi connectivity index (χ4v) is 4.36. The summed E-state index contributed by atoms with van der Waals surface area (Å²) in [5.74, 6) is 0.502. The Bertz CT molecular complexity index is 1330. The van der Waals surface area contributed by atoms with Crippen molar-refractivity contribution in [3.63, 3.8) is 0 Å². The maximum atomic E-state index is 5.02. The standard InChI is InChI=1S/C23H21N7/c1-2-15(13-25-8-1)21-16-12-20(27-18(16)7-11-26-21)23-22-19(29-30-23)4-3-17(28-22)14-5-9-24-10-6-14/h1-4,7-8,11-14,24,27H,5-6,9-10H2,(H,29,30). The molecule has 1 aliphatic rings. The topological polar surface area (TPSA) is 95.2 Å². The Kier molecular flexibility index (Phi) is 4.06. The predicted octanol–water partition coefficient (Wildman–Crippen LogP) is 4.03. The molecule has 7 heteroatoms. The third-order valence-electron chi connectivity index (χ3n) is 5.92. The maximum absolute atomic E-state index is 5.02. The minimum Gasteiger partial charge on any atom is -0.353 e. The van der Waals surface area contributed by atoms with Gasteiger partial charge in [0.1, 0.15) is 11.2 Å². The van der Waals surface area contributed by atoms with Gasteiger partial charge in [0, 0.05) is 46.7 Å². The molecule has 1 saturated heterocycles. The molecule has 0 atom stereocenters. The molecule has 5 aromatic heterocycles. The molecule has 0 aliphatic carbocycles. The first-order chi connectivity index (χ1) is 14.9. The van der Waals surface area contributed by atoms with Gasteiger partial charge in [-0.1, -0.05) is 0 Å². The maximum Gasteiger partial charge on any atom is 0.135 e. The summed E-state index contributed by atoms with van der Waals surface area (Å²) < 4.78 is 0. The van der Waals surface area contributed by atoms with Gasteiger partial charge in [-0.25, -0.2) is 4.98 Å². The van der Waals surface area contributed by atoms with E-state index in [0.717, 1.165) is 76.2 Å². The smallest absolute Gasteiger partial charge is 0.135 e. The molecule has 0 bridgehead atoms. The van der Waals surface area contributed by atoms with E-state index in [-0.39, 0.29) is 0 Å². The van der Waals surface area contributed by atoms with Gasteiger partial charge in [0.2, 0.25) is 0 Å². The number of hydrogen-bond donors (Lipinski definition) is 3. The SMILES string of the molecule is c1cncc(-c2nccc3[nH]c(-c4n[nH]c5ccc(C6CCNCC6)nc45)cc23)c1. The molecule has 0 unspecified atom stereocenters. The lowest BCUT2D eigenvalue weighted by Gasteiger charge is -2.22. The number of piperidine rings is 1. The Morgan fingerprint density at radius 2 is 1.87 bits per heavy atom. The summed E-state index contributed by atoms with van der Waals surface area (Å²) in [7, 11) is 0. The molecule has 30 heavy (non-hydrogen) atoms. The fraction of sp³-hybridized carbons (Fsp3) is 0.217. The summed E-state index contributed by atoms with van der Waals surface area (Å²) in [6, 6.07) is 12.3. The fourth-order valence-electron chi connectivity index (χ4n) is 4.36. The molecule has 6 rings (SSSR count). The average Bonchev–Trinajstić information content (AvgIpc) is 3.43. The van der Waals surface area contributed by atoms with E-state index in [9.17, 15) is 0 Å². The molecule has 148 valence electrons. The molecule has 3 N–H and O–H groups in total. The predicted molar refractivity (Wildman–Crippen MR) is 117 cm³/mol. The third-order valence-corrected chi connectivity index (χ3v) is 5.92. The summed E-state index contributed by atoms with van der Waals surface area (Å²) >= 11 is 0. The van der Waals surface area contributed by atoms with Gasteiger partial charge >= 0.3 is 0 Å². The highest BCUT2D eigenvalue weighted by Crippen LogP contribution is 2.33. The van der Waals surface area contributed by atoms with Crippen LogP contribution in [0.25, 0.3) is 44.6 Å². The Balaban J connectivity index is 1.47. The van der Waals surface area contributed by atoms with Crippen LogP contribution >= 0.6 is 0 Å². The van der Waals surface area contributed by atoms with E-state index < -0.39 is 0 Å². The van der Waals surface area contributed by atoms with Gasteiger partial charge in [-0.15, -0.1) is 0 Å². The zero-order chi connectivity index (χ0) is 19.9. The van der Waals surface area contributed by atoms with E-state index >= 15 is 0 Å². The van der Waals surface area contributed by atoms with Crippen LogP contribution in [0.5, 0.6) is 0 Å². The van der Waals surface area contributed by atoms with Crippen LogP contribution in [0.3, 0.4) is 0 Å². The number of pyridine rings is 3. The number of fused-ring (bicyclic) bond motifs is 2. The molecule has 0 amide bonds. The van der Waals surface area contributed by atoms with Crippen molar-refractivity contribution >= 4 is 21.9 Å². The summed E-state index contributed by atoms with van der Waals surface area (Å²) in [5, 5.41) is 12.2. The van der Waals surface area contributed by atoms with E-state index in [0.29, 0.717) is 5.92 Å². The number of aromatic nitrogens is 6. The molecule has 7 nitrogen and oxygen atoms in total. The van der Waals surface area contributed by atoms with Crippen LogP contribution in [0.4, 0.5) is 0 Å². The molecular weight excluding hydrogens is 374 g/mol. The molecule has 5 aromatic rings. The number of hydrogen-bond acceptors (Lipinski definition) is 5. The molecule has 0 spiro atoms. The van der Waals surface area contributed by atoms with Crippen molar-refractivity contribution in [1.29, 1.82) is 0 Å². The zero-order valence-electron chi connectivity index (χ0n) is 16.4. The largest absolute Gasteiger partial charge is 0.353 e. The van der Waals surface area contributed by atoms with Gasteiger partial charge in [0.25, 0.3) is 0 Å². The second-order valence-electron chi connectivity index (χ2n) is 7.77. The first-order valence-electron chi connectivity index (χ1n) is 10.3. The summed E-state index contributed by atoms with van der Waals surface area (Å²) in [5.41, 5.74) is 7.71. The lowest BCUT2D eigenvalue weighted by molar-refractivity contribution is 0.454. The van der Waals surface area contributed by atoms with Crippen LogP contribution in [0, 0.1) is 0 Å². The Morgan fingerprint density at radius 1 is 0.933 bits per heavy atom. The van der Waals surface area contributed by atoms with Gasteiger partial charge < -0.3 is 10.3 Å². The molecule has 1 aliphatic heterocycles. The van der Waals surface area contributed by atoms with Gasteiger partial charge in [-0.3, -0.25) is 15.1 Å². The molecule has 6 heterocycles. The highest BCUT2D eigenvalue weighted by molar-refractivity contribution is 5.98. The van der Waals surface area contributed by atoms with Crippen LogP contribution in [-0.2, 0) is 0 Å². The first kappa shape index (κ1) is 17.3. The third kappa shape index (κ3) is 2.86. The minimum absolute atomic E-state index is 0.502.